The van der Waals surface area contributed by atoms with E-state index in [1.54, 1.807) is 0 Å². The summed E-state index contributed by atoms with van der Waals surface area (Å²) in [7, 11) is 0. The summed E-state index contributed by atoms with van der Waals surface area (Å²) in [6.07, 6.45) is 6.71. The minimum Gasteiger partial charge on any atom is -0.377 e. The number of ether oxygens (including phenoxy) is 1. The molecule has 0 radical (unpaired) electrons. The van der Waals surface area contributed by atoms with Gasteiger partial charge in [0.25, 0.3) is 0 Å². The zero-order valence-corrected chi connectivity index (χ0v) is 12.2. The Hall–Kier alpha value is -0.610. The maximum atomic E-state index is 12.2. The van der Waals surface area contributed by atoms with Crippen LogP contribution in [0.3, 0.4) is 0 Å². The van der Waals surface area contributed by atoms with Crippen LogP contribution >= 0.6 is 0 Å². The van der Waals surface area contributed by atoms with Crippen molar-refractivity contribution in [3.63, 3.8) is 0 Å². The van der Waals surface area contributed by atoms with Gasteiger partial charge in [-0.2, -0.15) is 0 Å². The number of carbonyl (C=O) groups excluding carboxylic acids is 1. The molecule has 2 fully saturated rings. The molecule has 0 aromatic heterocycles. The molecule has 1 amide bonds. The number of rotatable bonds is 5. The number of piperidine rings is 2. The van der Waals surface area contributed by atoms with Crippen molar-refractivity contribution < 1.29 is 9.53 Å². The standard InChI is InChI=1S/C15H28N2O2/c1-2-19-14-4-3-11-17(12-14)15(18)6-5-13-7-9-16-10-8-13/h13-14,16H,2-12H2,1H3. The normalized spacial score (nSPS) is 25.5. The van der Waals surface area contributed by atoms with E-state index < -0.39 is 0 Å². The van der Waals surface area contributed by atoms with E-state index in [-0.39, 0.29) is 6.10 Å². The van der Waals surface area contributed by atoms with Crippen LogP contribution in [0.4, 0.5) is 0 Å². The van der Waals surface area contributed by atoms with Crippen molar-refractivity contribution in [1.82, 2.24) is 10.2 Å². The fourth-order valence-electron chi connectivity index (χ4n) is 3.19. The van der Waals surface area contributed by atoms with Crippen LogP contribution in [-0.2, 0) is 9.53 Å². The van der Waals surface area contributed by atoms with Crippen molar-refractivity contribution in [2.24, 2.45) is 5.92 Å². The Bertz CT molecular complexity index is 275. The third-order valence-corrected chi connectivity index (χ3v) is 4.36. The summed E-state index contributed by atoms with van der Waals surface area (Å²) in [5.41, 5.74) is 0. The van der Waals surface area contributed by atoms with E-state index in [2.05, 4.69) is 5.32 Å². The van der Waals surface area contributed by atoms with E-state index in [4.69, 9.17) is 4.74 Å². The summed E-state index contributed by atoms with van der Waals surface area (Å²) in [5, 5.41) is 3.37. The van der Waals surface area contributed by atoms with E-state index in [9.17, 15) is 4.79 Å². The van der Waals surface area contributed by atoms with E-state index >= 15 is 0 Å². The number of likely N-dealkylation sites (tertiary alicyclic amines) is 1. The number of amides is 1. The van der Waals surface area contributed by atoms with Crippen molar-refractivity contribution in [3.8, 4) is 0 Å². The molecule has 4 heteroatoms. The average Bonchev–Trinajstić information content (AvgIpc) is 2.46. The molecule has 19 heavy (non-hydrogen) atoms. The fraction of sp³-hybridized carbons (Fsp3) is 0.933. The summed E-state index contributed by atoms with van der Waals surface area (Å²) < 4.78 is 5.66. The molecule has 0 aromatic carbocycles. The monoisotopic (exact) mass is 268 g/mol. The molecular formula is C15H28N2O2. The minimum atomic E-state index is 0.265. The quantitative estimate of drug-likeness (QED) is 0.826. The third kappa shape index (κ3) is 4.77. The van der Waals surface area contributed by atoms with Gasteiger partial charge < -0.3 is 15.0 Å². The van der Waals surface area contributed by atoms with Gasteiger partial charge in [-0.05, 0) is 58.0 Å². The van der Waals surface area contributed by atoms with Crippen LogP contribution in [0.15, 0.2) is 0 Å². The molecule has 0 spiro atoms. The predicted molar refractivity (Wildman–Crippen MR) is 76.1 cm³/mol. The van der Waals surface area contributed by atoms with Gasteiger partial charge in [0.2, 0.25) is 5.91 Å². The van der Waals surface area contributed by atoms with Crippen molar-refractivity contribution in [3.05, 3.63) is 0 Å². The lowest BCUT2D eigenvalue weighted by Crippen LogP contribution is -2.43. The number of carbonyl (C=O) groups is 1. The van der Waals surface area contributed by atoms with Crippen LogP contribution in [-0.4, -0.2) is 49.7 Å². The molecule has 1 atom stereocenters. The molecule has 2 saturated heterocycles. The highest BCUT2D eigenvalue weighted by Crippen LogP contribution is 2.20. The lowest BCUT2D eigenvalue weighted by atomic mass is 9.93. The van der Waals surface area contributed by atoms with Gasteiger partial charge in [-0.15, -0.1) is 0 Å². The van der Waals surface area contributed by atoms with Crippen LogP contribution < -0.4 is 5.32 Å². The molecule has 0 bridgehead atoms. The van der Waals surface area contributed by atoms with Crippen LogP contribution in [0.2, 0.25) is 0 Å². The lowest BCUT2D eigenvalue weighted by Gasteiger charge is -2.33. The maximum absolute atomic E-state index is 12.2. The van der Waals surface area contributed by atoms with E-state index in [0.717, 1.165) is 64.4 Å². The largest absolute Gasteiger partial charge is 0.377 e. The Morgan fingerprint density at radius 3 is 2.84 bits per heavy atom. The molecule has 2 heterocycles. The Morgan fingerprint density at radius 1 is 1.32 bits per heavy atom. The molecule has 2 rings (SSSR count). The molecule has 0 saturated carbocycles. The predicted octanol–water partition coefficient (Wildman–Crippen LogP) is 1.79. The van der Waals surface area contributed by atoms with Gasteiger partial charge in [-0.1, -0.05) is 0 Å². The first-order valence-electron chi connectivity index (χ1n) is 7.89. The van der Waals surface area contributed by atoms with E-state index in [1.165, 1.54) is 12.8 Å². The Morgan fingerprint density at radius 2 is 2.11 bits per heavy atom. The highest BCUT2D eigenvalue weighted by atomic mass is 16.5. The van der Waals surface area contributed by atoms with Gasteiger partial charge in [0, 0.05) is 26.1 Å². The average molecular weight is 268 g/mol. The summed E-state index contributed by atoms with van der Waals surface area (Å²) in [6.45, 7) is 6.75. The van der Waals surface area contributed by atoms with Gasteiger partial charge in [-0.3, -0.25) is 4.79 Å². The SMILES string of the molecule is CCOC1CCCN(C(=O)CCC2CCNCC2)C1. The molecule has 0 aromatic rings. The second kappa shape index (κ2) is 7.85. The number of hydrogen-bond donors (Lipinski definition) is 1. The number of nitrogens with one attached hydrogen (secondary N) is 1. The molecule has 2 aliphatic heterocycles. The third-order valence-electron chi connectivity index (χ3n) is 4.36. The highest BCUT2D eigenvalue weighted by Gasteiger charge is 2.24. The smallest absolute Gasteiger partial charge is 0.222 e. The van der Waals surface area contributed by atoms with Gasteiger partial charge in [0.1, 0.15) is 0 Å². The van der Waals surface area contributed by atoms with Crippen molar-refractivity contribution in [1.29, 1.82) is 0 Å². The first-order valence-corrected chi connectivity index (χ1v) is 7.89. The topological polar surface area (TPSA) is 41.6 Å². The molecule has 0 aliphatic carbocycles. The fourth-order valence-corrected chi connectivity index (χ4v) is 3.19. The summed E-state index contributed by atoms with van der Waals surface area (Å²) >= 11 is 0. The zero-order valence-electron chi connectivity index (χ0n) is 12.2. The second-order valence-corrected chi connectivity index (χ2v) is 5.79. The lowest BCUT2D eigenvalue weighted by molar-refractivity contribution is -0.135. The Labute approximate surface area is 116 Å². The Balaban J connectivity index is 1.69. The first-order chi connectivity index (χ1) is 9.29. The maximum Gasteiger partial charge on any atom is 0.222 e. The van der Waals surface area contributed by atoms with Gasteiger partial charge in [0.05, 0.1) is 6.10 Å². The molecular weight excluding hydrogens is 240 g/mol. The van der Waals surface area contributed by atoms with Crippen molar-refractivity contribution in [2.45, 2.75) is 51.6 Å². The summed E-state index contributed by atoms with van der Waals surface area (Å²) in [4.78, 5) is 14.3. The van der Waals surface area contributed by atoms with Crippen LogP contribution in [0.1, 0.15) is 45.4 Å². The highest BCUT2D eigenvalue weighted by molar-refractivity contribution is 5.76. The first kappa shape index (κ1) is 14.8. The van der Waals surface area contributed by atoms with Crippen LogP contribution in [0.25, 0.3) is 0 Å². The van der Waals surface area contributed by atoms with Crippen LogP contribution in [0, 0.1) is 5.92 Å². The number of nitrogens with zero attached hydrogens (tertiary/aromatic N) is 1. The van der Waals surface area contributed by atoms with E-state index in [1.807, 2.05) is 11.8 Å². The zero-order chi connectivity index (χ0) is 13.5. The summed E-state index contributed by atoms with van der Waals surface area (Å²) in [6, 6.07) is 0. The molecule has 1 N–H and O–H groups in total. The molecule has 1 unspecified atom stereocenters. The van der Waals surface area contributed by atoms with Crippen molar-refractivity contribution in [2.75, 3.05) is 32.8 Å². The number of hydrogen-bond acceptors (Lipinski definition) is 3. The molecule has 110 valence electrons. The van der Waals surface area contributed by atoms with Gasteiger partial charge in [-0.25, -0.2) is 0 Å². The Kier molecular flexibility index (Phi) is 6.11. The van der Waals surface area contributed by atoms with Gasteiger partial charge in [0.15, 0.2) is 0 Å². The minimum absolute atomic E-state index is 0.265. The van der Waals surface area contributed by atoms with Crippen LogP contribution in [0.5, 0.6) is 0 Å². The van der Waals surface area contributed by atoms with Gasteiger partial charge >= 0.3 is 0 Å². The second-order valence-electron chi connectivity index (χ2n) is 5.79. The molecule has 2 aliphatic rings. The van der Waals surface area contributed by atoms with E-state index in [0.29, 0.717) is 5.91 Å². The summed E-state index contributed by atoms with van der Waals surface area (Å²) in [5.74, 6) is 1.08. The molecule has 4 nitrogen and oxygen atoms in total. The van der Waals surface area contributed by atoms with Crippen molar-refractivity contribution >= 4 is 5.91 Å².